The smallest absolute Gasteiger partial charge is 0.220 e. The second kappa shape index (κ2) is 55.5. The van der Waals surface area contributed by atoms with E-state index < -0.39 is 86.8 Å². The van der Waals surface area contributed by atoms with Crippen LogP contribution in [0.4, 0.5) is 0 Å². The van der Waals surface area contributed by atoms with Crippen molar-refractivity contribution in [3.63, 3.8) is 0 Å². The molecule has 0 aromatic rings. The Morgan fingerprint density at radius 2 is 0.824 bits per heavy atom. The molecule has 85 heavy (non-hydrogen) atoms. The van der Waals surface area contributed by atoms with Crippen molar-refractivity contribution in [2.75, 3.05) is 19.8 Å². The Morgan fingerprint density at radius 3 is 1.28 bits per heavy atom. The van der Waals surface area contributed by atoms with E-state index in [0.29, 0.717) is 12.8 Å². The Hall–Kier alpha value is -2.57. The lowest BCUT2D eigenvalue weighted by molar-refractivity contribution is -0.359. The molecule has 1 amide bonds. The van der Waals surface area contributed by atoms with Gasteiger partial charge in [-0.2, -0.15) is 0 Å². The highest BCUT2D eigenvalue weighted by Gasteiger charge is 2.51. The highest BCUT2D eigenvalue weighted by molar-refractivity contribution is 5.76. The minimum atomic E-state index is -1.79. The lowest BCUT2D eigenvalue weighted by atomic mass is 9.97. The Bertz CT molecular complexity index is 1700. The van der Waals surface area contributed by atoms with Crippen LogP contribution in [0.25, 0.3) is 0 Å². The van der Waals surface area contributed by atoms with Crippen molar-refractivity contribution in [3.8, 4) is 0 Å². The molecule has 2 fully saturated rings. The molecule has 2 saturated heterocycles. The van der Waals surface area contributed by atoms with Crippen LogP contribution in [0, 0.1) is 0 Å². The topological polar surface area (TPSA) is 228 Å². The van der Waals surface area contributed by atoms with Gasteiger partial charge < -0.3 is 65.1 Å². The predicted molar refractivity (Wildman–Crippen MR) is 346 cm³/mol. The van der Waals surface area contributed by atoms with Crippen LogP contribution in [0.5, 0.6) is 0 Å². The molecule has 494 valence electrons. The van der Waals surface area contributed by atoms with Gasteiger partial charge in [0.15, 0.2) is 12.6 Å². The van der Waals surface area contributed by atoms with E-state index in [-0.39, 0.29) is 18.9 Å². The number of aliphatic hydroxyl groups excluding tert-OH is 8. The largest absolute Gasteiger partial charge is 0.394 e. The second-order valence-corrected chi connectivity index (χ2v) is 24.3. The van der Waals surface area contributed by atoms with Crippen LogP contribution in [0.1, 0.15) is 277 Å². The SMILES string of the molecule is CC/C=C/CC/C=C/CC/C=C/C(O)C(COC1OC(CO)C(OC2OC(CO)C(O)C(O)C2O)C(O)C1O)NC(=O)CCCCCCCCCCCCCCCCCCCCCCCCCCCC/C=C\C/C=C\C/C=C\CCCCCCC. The fourth-order valence-electron chi connectivity index (χ4n) is 11.1. The molecule has 14 nitrogen and oxygen atoms in total. The van der Waals surface area contributed by atoms with Crippen LogP contribution >= 0.6 is 0 Å². The first kappa shape index (κ1) is 78.5. The normalized spacial score (nSPS) is 24.0. The number of aliphatic hydroxyl groups is 8. The Labute approximate surface area is 517 Å². The number of ether oxygens (including phenoxy) is 4. The van der Waals surface area contributed by atoms with Gasteiger partial charge in [-0.25, -0.2) is 0 Å². The van der Waals surface area contributed by atoms with Crippen molar-refractivity contribution in [1.82, 2.24) is 5.32 Å². The third kappa shape index (κ3) is 39.9. The van der Waals surface area contributed by atoms with Gasteiger partial charge in [-0.1, -0.05) is 267 Å². The summed E-state index contributed by atoms with van der Waals surface area (Å²) in [5.74, 6) is -0.253. The van der Waals surface area contributed by atoms with Gasteiger partial charge >= 0.3 is 0 Å². The second-order valence-electron chi connectivity index (χ2n) is 24.3. The Kier molecular flexibility index (Phi) is 51.3. The maximum atomic E-state index is 13.2. The maximum absolute atomic E-state index is 13.2. The minimum absolute atomic E-state index is 0.253. The fraction of sp³-hybridized carbons (Fsp3) is 0.817. The standard InChI is InChI=1S/C71H127NO13/c1-3-5-7-9-11-13-15-16-17-18-19-20-21-22-23-24-25-26-27-28-29-30-31-32-33-34-35-36-37-38-39-40-41-42-43-44-45-47-49-51-53-55-63(76)72-59(60(75)54-52-50-48-46-14-12-10-8-6-4-2)58-82-70-68(81)66(79)69(62(57-74)84-70)85-71-67(80)65(78)64(77)61(56-73)83-71/h6,8,14-16,18-19,21-22,46,52,54,59-62,64-71,73-75,77-81H,3-5,7,9-13,17,20,23-45,47-51,53,55-58H2,1-2H3,(H,72,76)/b8-6+,16-15-,19-18-,22-21-,46-14+,54-52+. The summed E-state index contributed by atoms with van der Waals surface area (Å²) in [6, 6.07) is -0.937. The Balaban J connectivity index is 1.51. The van der Waals surface area contributed by atoms with Crippen LogP contribution in [0.15, 0.2) is 72.9 Å². The van der Waals surface area contributed by atoms with Crippen molar-refractivity contribution in [3.05, 3.63) is 72.9 Å². The maximum Gasteiger partial charge on any atom is 0.220 e. The van der Waals surface area contributed by atoms with Gasteiger partial charge in [0.2, 0.25) is 5.91 Å². The summed E-state index contributed by atoms with van der Waals surface area (Å²) in [4.78, 5) is 13.2. The molecule has 0 aromatic heterocycles. The van der Waals surface area contributed by atoms with Crippen LogP contribution < -0.4 is 5.32 Å². The van der Waals surface area contributed by atoms with E-state index in [9.17, 15) is 45.6 Å². The fourth-order valence-corrected chi connectivity index (χ4v) is 11.1. The molecule has 0 spiro atoms. The van der Waals surface area contributed by atoms with Gasteiger partial charge in [-0.15, -0.1) is 0 Å². The average molecular weight is 1200 g/mol. The quantitative estimate of drug-likeness (QED) is 0.0204. The van der Waals surface area contributed by atoms with Crippen molar-refractivity contribution < 1.29 is 64.6 Å². The van der Waals surface area contributed by atoms with Crippen molar-refractivity contribution in [2.45, 2.75) is 351 Å². The molecule has 0 saturated carbocycles. The number of carbonyl (C=O) groups excluding carboxylic acids is 1. The lowest BCUT2D eigenvalue weighted by Crippen LogP contribution is -2.65. The van der Waals surface area contributed by atoms with Gasteiger partial charge in [0, 0.05) is 6.42 Å². The molecule has 2 aliphatic rings. The number of hydrogen-bond donors (Lipinski definition) is 9. The average Bonchev–Trinajstić information content (AvgIpc) is 3.25. The van der Waals surface area contributed by atoms with Crippen LogP contribution in [-0.4, -0.2) is 140 Å². The van der Waals surface area contributed by atoms with E-state index in [0.717, 1.165) is 57.8 Å². The molecule has 12 unspecified atom stereocenters. The summed E-state index contributed by atoms with van der Waals surface area (Å²) in [5.41, 5.74) is 0. The highest BCUT2D eigenvalue weighted by Crippen LogP contribution is 2.30. The zero-order valence-corrected chi connectivity index (χ0v) is 53.6. The van der Waals surface area contributed by atoms with Gasteiger partial charge in [0.1, 0.15) is 48.8 Å². The third-order valence-corrected chi connectivity index (χ3v) is 16.6. The van der Waals surface area contributed by atoms with Crippen molar-refractivity contribution >= 4 is 5.91 Å². The zero-order valence-electron chi connectivity index (χ0n) is 53.6. The first-order valence-corrected chi connectivity index (χ1v) is 34.7. The van der Waals surface area contributed by atoms with Gasteiger partial charge in [0.05, 0.1) is 32.0 Å². The number of rotatable bonds is 56. The molecular formula is C71H127NO13. The molecule has 2 aliphatic heterocycles. The molecule has 14 heteroatoms. The Morgan fingerprint density at radius 1 is 0.435 bits per heavy atom. The molecular weight excluding hydrogens is 1070 g/mol. The van der Waals surface area contributed by atoms with E-state index >= 15 is 0 Å². The van der Waals surface area contributed by atoms with E-state index in [1.165, 1.54) is 186 Å². The third-order valence-electron chi connectivity index (χ3n) is 16.6. The summed E-state index contributed by atoms with van der Waals surface area (Å²) < 4.78 is 22.7. The van der Waals surface area contributed by atoms with Crippen LogP contribution in [0.2, 0.25) is 0 Å². The molecule has 0 radical (unpaired) electrons. The van der Waals surface area contributed by atoms with Crippen molar-refractivity contribution in [1.29, 1.82) is 0 Å². The summed E-state index contributed by atoms with van der Waals surface area (Å²) in [6.45, 7) is 2.64. The summed E-state index contributed by atoms with van der Waals surface area (Å²) in [6.07, 6.45) is 58.8. The number of carbonyl (C=O) groups is 1. The summed E-state index contributed by atoms with van der Waals surface area (Å²) in [7, 11) is 0. The van der Waals surface area contributed by atoms with Gasteiger partial charge in [0.25, 0.3) is 0 Å². The predicted octanol–water partition coefficient (Wildman–Crippen LogP) is 13.8. The number of amides is 1. The summed E-state index contributed by atoms with van der Waals surface area (Å²) in [5, 5.41) is 86.9. The zero-order chi connectivity index (χ0) is 61.6. The van der Waals surface area contributed by atoms with Crippen molar-refractivity contribution in [2.24, 2.45) is 0 Å². The van der Waals surface area contributed by atoms with E-state index in [1.807, 2.05) is 6.08 Å². The lowest BCUT2D eigenvalue weighted by Gasteiger charge is -2.46. The molecule has 2 rings (SSSR count). The molecule has 0 aromatic carbocycles. The molecule has 9 N–H and O–H groups in total. The van der Waals surface area contributed by atoms with E-state index in [4.69, 9.17) is 18.9 Å². The highest BCUT2D eigenvalue weighted by atomic mass is 16.7. The summed E-state index contributed by atoms with van der Waals surface area (Å²) >= 11 is 0. The number of unbranched alkanes of at least 4 members (excludes halogenated alkanes) is 33. The van der Waals surface area contributed by atoms with Crippen LogP contribution in [0.3, 0.4) is 0 Å². The van der Waals surface area contributed by atoms with E-state index in [1.54, 1.807) is 6.08 Å². The molecule has 0 bridgehead atoms. The number of allylic oxidation sites excluding steroid dienone is 11. The number of hydrogen-bond acceptors (Lipinski definition) is 13. The first-order valence-electron chi connectivity index (χ1n) is 34.7. The molecule has 12 atom stereocenters. The molecule has 2 heterocycles. The minimum Gasteiger partial charge on any atom is -0.394 e. The van der Waals surface area contributed by atoms with Gasteiger partial charge in [-0.05, 0) is 77.0 Å². The number of nitrogens with one attached hydrogen (secondary N) is 1. The monoisotopic (exact) mass is 1200 g/mol. The van der Waals surface area contributed by atoms with Crippen LogP contribution in [-0.2, 0) is 23.7 Å². The molecule has 0 aliphatic carbocycles. The van der Waals surface area contributed by atoms with E-state index in [2.05, 4.69) is 79.9 Å². The van der Waals surface area contributed by atoms with Gasteiger partial charge in [-0.3, -0.25) is 4.79 Å². The first-order chi connectivity index (χ1) is 41.6.